The summed E-state index contributed by atoms with van der Waals surface area (Å²) in [5, 5.41) is 6.02. The van der Waals surface area contributed by atoms with Gasteiger partial charge in [-0.05, 0) is 24.8 Å². The average molecular weight is 312 g/mol. The lowest BCUT2D eigenvalue weighted by Gasteiger charge is -2.08. The number of rotatable bonds is 7. The molecule has 0 saturated heterocycles. The minimum absolute atomic E-state index is 0.129. The largest absolute Gasteiger partial charge is 0.352 e. The minimum atomic E-state index is -0.129. The molecule has 0 saturated carbocycles. The van der Waals surface area contributed by atoms with E-state index in [0.29, 0.717) is 30.5 Å². The molecule has 2 aromatic rings. The van der Waals surface area contributed by atoms with Gasteiger partial charge in [-0.2, -0.15) is 0 Å². The van der Waals surface area contributed by atoms with Crippen LogP contribution in [-0.2, 0) is 6.54 Å². The summed E-state index contributed by atoms with van der Waals surface area (Å²) in [5.74, 6) is 0.958. The minimum Gasteiger partial charge on any atom is -0.352 e. The first-order valence-electron chi connectivity index (χ1n) is 7.94. The van der Waals surface area contributed by atoms with E-state index in [2.05, 4.69) is 65.6 Å². The standard InChI is InChI=1S/C18H24N4O/c1-13(2)8-9-19-17(23)16-11-21-18(22-12-16)20-10-15-6-4-14(3)5-7-15/h4-7,11-13H,8-10H2,1-3H3,(H,19,23)(H,20,21,22). The van der Waals surface area contributed by atoms with Gasteiger partial charge in [-0.15, -0.1) is 0 Å². The summed E-state index contributed by atoms with van der Waals surface area (Å²) in [5.41, 5.74) is 2.88. The van der Waals surface area contributed by atoms with Gasteiger partial charge in [0.05, 0.1) is 5.56 Å². The van der Waals surface area contributed by atoms with Crippen LogP contribution in [-0.4, -0.2) is 22.4 Å². The van der Waals surface area contributed by atoms with E-state index in [0.717, 1.165) is 12.0 Å². The summed E-state index contributed by atoms with van der Waals surface area (Å²) in [6.07, 6.45) is 4.06. The predicted octanol–water partition coefficient (Wildman–Crippen LogP) is 3.17. The van der Waals surface area contributed by atoms with Crippen LogP contribution in [0.25, 0.3) is 0 Å². The Labute approximate surface area is 137 Å². The number of benzene rings is 1. The fourth-order valence-corrected chi connectivity index (χ4v) is 2.00. The number of aromatic nitrogens is 2. The van der Waals surface area contributed by atoms with Gasteiger partial charge in [0.25, 0.3) is 5.91 Å². The van der Waals surface area contributed by atoms with E-state index in [4.69, 9.17) is 0 Å². The van der Waals surface area contributed by atoms with Crippen LogP contribution in [0.3, 0.4) is 0 Å². The fourth-order valence-electron chi connectivity index (χ4n) is 2.00. The predicted molar refractivity (Wildman–Crippen MR) is 92.3 cm³/mol. The second-order valence-electron chi connectivity index (χ2n) is 6.07. The molecular formula is C18H24N4O. The van der Waals surface area contributed by atoms with Gasteiger partial charge in [0.1, 0.15) is 0 Å². The maximum atomic E-state index is 11.9. The van der Waals surface area contributed by atoms with Crippen LogP contribution in [0.5, 0.6) is 0 Å². The molecule has 0 aliphatic rings. The van der Waals surface area contributed by atoms with Gasteiger partial charge in [-0.25, -0.2) is 9.97 Å². The van der Waals surface area contributed by atoms with Crippen molar-refractivity contribution in [3.8, 4) is 0 Å². The molecule has 122 valence electrons. The number of hydrogen-bond donors (Lipinski definition) is 2. The summed E-state index contributed by atoms with van der Waals surface area (Å²) in [7, 11) is 0. The molecule has 0 unspecified atom stereocenters. The Hall–Kier alpha value is -2.43. The van der Waals surface area contributed by atoms with Crippen molar-refractivity contribution in [2.45, 2.75) is 33.7 Å². The highest BCUT2D eigenvalue weighted by Gasteiger charge is 2.07. The van der Waals surface area contributed by atoms with Gasteiger partial charge in [-0.1, -0.05) is 43.7 Å². The van der Waals surface area contributed by atoms with Crippen molar-refractivity contribution in [3.05, 3.63) is 53.3 Å². The molecule has 0 aliphatic carbocycles. The molecule has 0 spiro atoms. The molecule has 1 heterocycles. The first-order valence-corrected chi connectivity index (χ1v) is 7.94. The lowest BCUT2D eigenvalue weighted by molar-refractivity contribution is 0.0951. The Kier molecular flexibility index (Phi) is 6.09. The third-order valence-corrected chi connectivity index (χ3v) is 3.49. The first-order chi connectivity index (χ1) is 11.0. The molecule has 2 rings (SSSR count). The summed E-state index contributed by atoms with van der Waals surface area (Å²) in [6, 6.07) is 8.28. The molecule has 1 amide bonds. The van der Waals surface area contributed by atoms with Gasteiger partial charge in [0.15, 0.2) is 0 Å². The smallest absolute Gasteiger partial charge is 0.254 e. The zero-order chi connectivity index (χ0) is 16.7. The third-order valence-electron chi connectivity index (χ3n) is 3.49. The van der Waals surface area contributed by atoms with Crippen molar-refractivity contribution < 1.29 is 4.79 Å². The Morgan fingerprint density at radius 3 is 2.39 bits per heavy atom. The van der Waals surface area contributed by atoms with E-state index < -0.39 is 0 Å². The molecular weight excluding hydrogens is 288 g/mol. The van der Waals surface area contributed by atoms with Crippen molar-refractivity contribution in [1.82, 2.24) is 15.3 Å². The van der Waals surface area contributed by atoms with Crippen molar-refractivity contribution in [3.63, 3.8) is 0 Å². The third kappa shape index (κ3) is 5.70. The first kappa shape index (κ1) is 16.9. The molecule has 0 radical (unpaired) electrons. The monoisotopic (exact) mass is 312 g/mol. The molecule has 2 N–H and O–H groups in total. The number of carbonyl (C=O) groups excluding carboxylic acids is 1. The maximum Gasteiger partial charge on any atom is 0.254 e. The van der Waals surface area contributed by atoms with E-state index in [9.17, 15) is 4.79 Å². The van der Waals surface area contributed by atoms with Gasteiger partial charge in [-0.3, -0.25) is 4.79 Å². The highest BCUT2D eigenvalue weighted by Crippen LogP contribution is 2.06. The summed E-state index contributed by atoms with van der Waals surface area (Å²) < 4.78 is 0. The lowest BCUT2D eigenvalue weighted by atomic mass is 10.1. The van der Waals surface area contributed by atoms with E-state index in [1.165, 1.54) is 5.56 Å². The molecule has 1 aromatic heterocycles. The van der Waals surface area contributed by atoms with E-state index in [1.54, 1.807) is 12.4 Å². The quantitative estimate of drug-likeness (QED) is 0.824. The zero-order valence-corrected chi connectivity index (χ0v) is 14.0. The summed E-state index contributed by atoms with van der Waals surface area (Å²) in [6.45, 7) is 7.64. The fraction of sp³-hybridized carbons (Fsp3) is 0.389. The number of anilines is 1. The Bertz CT molecular complexity index is 620. The van der Waals surface area contributed by atoms with Crippen molar-refractivity contribution in [2.75, 3.05) is 11.9 Å². The maximum absolute atomic E-state index is 11.9. The number of amides is 1. The zero-order valence-electron chi connectivity index (χ0n) is 14.0. The van der Waals surface area contributed by atoms with Crippen LogP contribution < -0.4 is 10.6 Å². The molecule has 0 fully saturated rings. The van der Waals surface area contributed by atoms with E-state index in [-0.39, 0.29) is 5.91 Å². The van der Waals surface area contributed by atoms with Gasteiger partial charge >= 0.3 is 0 Å². The Morgan fingerprint density at radius 1 is 1.13 bits per heavy atom. The summed E-state index contributed by atoms with van der Waals surface area (Å²) in [4.78, 5) is 20.3. The molecule has 5 heteroatoms. The number of nitrogens with zero attached hydrogens (tertiary/aromatic N) is 2. The van der Waals surface area contributed by atoms with Crippen LogP contribution in [0.15, 0.2) is 36.7 Å². The molecule has 0 aliphatic heterocycles. The molecule has 1 aromatic carbocycles. The molecule has 0 atom stereocenters. The van der Waals surface area contributed by atoms with Crippen LogP contribution in [0, 0.1) is 12.8 Å². The number of nitrogens with one attached hydrogen (secondary N) is 2. The molecule has 0 bridgehead atoms. The lowest BCUT2D eigenvalue weighted by Crippen LogP contribution is -2.25. The van der Waals surface area contributed by atoms with Crippen molar-refractivity contribution in [2.24, 2.45) is 5.92 Å². The Morgan fingerprint density at radius 2 is 1.78 bits per heavy atom. The normalized spacial score (nSPS) is 10.6. The second kappa shape index (κ2) is 8.27. The number of hydrogen-bond acceptors (Lipinski definition) is 4. The van der Waals surface area contributed by atoms with Gasteiger partial charge < -0.3 is 10.6 Å². The number of carbonyl (C=O) groups is 1. The van der Waals surface area contributed by atoms with Gasteiger partial charge in [0.2, 0.25) is 5.95 Å². The van der Waals surface area contributed by atoms with Crippen LogP contribution in [0.4, 0.5) is 5.95 Å². The summed E-state index contributed by atoms with van der Waals surface area (Å²) >= 11 is 0. The van der Waals surface area contributed by atoms with E-state index in [1.807, 2.05) is 0 Å². The van der Waals surface area contributed by atoms with E-state index >= 15 is 0 Å². The topological polar surface area (TPSA) is 66.9 Å². The average Bonchev–Trinajstić information content (AvgIpc) is 2.54. The van der Waals surface area contributed by atoms with Crippen molar-refractivity contribution >= 4 is 11.9 Å². The highest BCUT2D eigenvalue weighted by atomic mass is 16.1. The highest BCUT2D eigenvalue weighted by molar-refractivity contribution is 5.93. The van der Waals surface area contributed by atoms with Crippen LogP contribution >= 0.6 is 0 Å². The SMILES string of the molecule is Cc1ccc(CNc2ncc(C(=O)NCCC(C)C)cn2)cc1. The Balaban J connectivity index is 1.84. The van der Waals surface area contributed by atoms with Crippen LogP contribution in [0.2, 0.25) is 0 Å². The number of aryl methyl sites for hydroxylation is 1. The molecule has 5 nitrogen and oxygen atoms in total. The van der Waals surface area contributed by atoms with Crippen LogP contribution in [0.1, 0.15) is 41.8 Å². The molecule has 23 heavy (non-hydrogen) atoms. The second-order valence-corrected chi connectivity index (χ2v) is 6.07. The van der Waals surface area contributed by atoms with Gasteiger partial charge in [0, 0.05) is 25.5 Å². The van der Waals surface area contributed by atoms with Crippen molar-refractivity contribution in [1.29, 1.82) is 0 Å².